The highest BCUT2D eigenvalue weighted by atomic mass is 16.5. The Labute approximate surface area is 95.4 Å². The van der Waals surface area contributed by atoms with Crippen LogP contribution in [0.3, 0.4) is 0 Å². The largest absolute Gasteiger partial charge is 0.394 e. The van der Waals surface area contributed by atoms with Crippen molar-refractivity contribution in [1.82, 2.24) is 5.32 Å². The normalized spacial score (nSPS) is 39.3. The van der Waals surface area contributed by atoms with Crippen LogP contribution in [0.2, 0.25) is 0 Å². The average molecular weight is 229 g/mol. The summed E-state index contributed by atoms with van der Waals surface area (Å²) < 4.78 is 5.44. The highest BCUT2D eigenvalue weighted by Gasteiger charge is 2.41. The van der Waals surface area contributed by atoms with Crippen molar-refractivity contribution in [2.45, 2.75) is 37.9 Å². The number of nitrogens with one attached hydrogen (secondary N) is 1. The van der Waals surface area contributed by atoms with E-state index in [1.165, 1.54) is 0 Å². The molecular weight excluding hydrogens is 210 g/mol. The highest BCUT2D eigenvalue weighted by molar-refractivity contribution is 4.90. The van der Waals surface area contributed by atoms with E-state index in [1.54, 1.807) is 6.92 Å². The van der Waals surface area contributed by atoms with Crippen molar-refractivity contribution in [1.29, 1.82) is 0 Å². The molecule has 1 heterocycles. The van der Waals surface area contributed by atoms with Gasteiger partial charge in [0.2, 0.25) is 0 Å². The quantitative estimate of drug-likeness (QED) is 0.355. The summed E-state index contributed by atoms with van der Waals surface area (Å²) in [6.45, 7) is 2.03. The van der Waals surface area contributed by atoms with Crippen molar-refractivity contribution in [3.05, 3.63) is 0 Å². The van der Waals surface area contributed by atoms with Crippen LogP contribution in [0.25, 0.3) is 0 Å². The lowest BCUT2D eigenvalue weighted by molar-refractivity contribution is -0.212. The molecule has 0 aliphatic carbocycles. The molecule has 0 amide bonds. The van der Waals surface area contributed by atoms with E-state index < -0.39 is 24.5 Å². The van der Waals surface area contributed by atoms with Crippen LogP contribution >= 0.6 is 0 Å². The molecule has 1 fully saturated rings. The zero-order chi connectivity index (χ0) is 12.1. The van der Waals surface area contributed by atoms with Gasteiger partial charge in [-0.15, -0.1) is 12.3 Å². The van der Waals surface area contributed by atoms with Crippen LogP contribution in [-0.4, -0.2) is 53.0 Å². The Kier molecular flexibility index (Phi) is 5.19. The Morgan fingerprint density at radius 3 is 2.62 bits per heavy atom. The zero-order valence-electron chi connectivity index (χ0n) is 9.34. The van der Waals surface area contributed by atoms with Crippen LogP contribution in [-0.2, 0) is 4.74 Å². The van der Waals surface area contributed by atoms with E-state index in [-0.39, 0.29) is 12.5 Å². The van der Waals surface area contributed by atoms with Crippen molar-refractivity contribution >= 4 is 0 Å². The smallest absolute Gasteiger partial charge is 0.113 e. The fourth-order valence-electron chi connectivity index (χ4n) is 1.77. The molecular formula is C11H19NO4. The summed E-state index contributed by atoms with van der Waals surface area (Å²) in [6, 6.07) is 0. The van der Waals surface area contributed by atoms with E-state index in [2.05, 4.69) is 11.2 Å². The number of rotatable bonds is 4. The van der Waals surface area contributed by atoms with Crippen molar-refractivity contribution in [2.24, 2.45) is 5.92 Å². The molecule has 5 nitrogen and oxygen atoms in total. The van der Waals surface area contributed by atoms with E-state index in [9.17, 15) is 10.2 Å². The Bertz CT molecular complexity index is 251. The molecule has 0 radical (unpaired) electrons. The van der Waals surface area contributed by atoms with E-state index in [0.717, 1.165) is 0 Å². The highest BCUT2D eigenvalue weighted by Crippen LogP contribution is 2.24. The van der Waals surface area contributed by atoms with Gasteiger partial charge in [0.25, 0.3) is 0 Å². The lowest BCUT2D eigenvalue weighted by Gasteiger charge is -2.41. The van der Waals surface area contributed by atoms with Gasteiger partial charge in [-0.25, -0.2) is 0 Å². The average Bonchev–Trinajstić information content (AvgIpc) is 2.29. The monoisotopic (exact) mass is 229 g/mol. The Balaban J connectivity index is 2.54. The summed E-state index contributed by atoms with van der Waals surface area (Å²) >= 11 is 0. The number of aliphatic hydroxyl groups excluding tert-OH is 3. The summed E-state index contributed by atoms with van der Waals surface area (Å²) in [5, 5.41) is 31.4. The van der Waals surface area contributed by atoms with Crippen LogP contribution in [0.4, 0.5) is 0 Å². The second kappa shape index (κ2) is 6.18. The Morgan fingerprint density at radius 2 is 2.06 bits per heavy atom. The summed E-state index contributed by atoms with van der Waals surface area (Å²) in [5.74, 6) is 2.23. The second-order valence-corrected chi connectivity index (χ2v) is 4.03. The molecule has 92 valence electrons. The maximum Gasteiger partial charge on any atom is 0.113 e. The van der Waals surface area contributed by atoms with Gasteiger partial charge in [0, 0.05) is 18.9 Å². The molecule has 1 aliphatic rings. The maximum atomic E-state index is 9.75. The van der Waals surface area contributed by atoms with Crippen LogP contribution in [0.15, 0.2) is 0 Å². The first kappa shape index (κ1) is 13.4. The van der Waals surface area contributed by atoms with Gasteiger partial charge in [0.15, 0.2) is 0 Å². The van der Waals surface area contributed by atoms with Crippen molar-refractivity contribution in [2.75, 3.05) is 13.2 Å². The lowest BCUT2D eigenvalue weighted by atomic mass is 9.91. The van der Waals surface area contributed by atoms with Crippen molar-refractivity contribution < 1.29 is 20.1 Å². The molecule has 5 atom stereocenters. The summed E-state index contributed by atoms with van der Waals surface area (Å²) in [5.41, 5.74) is 0. The molecule has 0 saturated carbocycles. The fraction of sp³-hybridized carbons (Fsp3) is 0.818. The molecule has 0 bridgehead atoms. The molecule has 0 unspecified atom stereocenters. The van der Waals surface area contributed by atoms with Gasteiger partial charge in [-0.1, -0.05) is 6.92 Å². The van der Waals surface area contributed by atoms with Gasteiger partial charge in [0.05, 0.1) is 12.7 Å². The molecule has 1 rings (SSSR count). The third-order valence-electron chi connectivity index (χ3n) is 2.86. The number of hydrogen-bond acceptors (Lipinski definition) is 5. The summed E-state index contributed by atoms with van der Waals surface area (Å²) in [6.07, 6.45) is 2.57. The van der Waals surface area contributed by atoms with Gasteiger partial charge in [-0.2, -0.15) is 0 Å². The molecule has 0 aromatic carbocycles. The van der Waals surface area contributed by atoms with Gasteiger partial charge in [0.1, 0.15) is 18.4 Å². The van der Waals surface area contributed by atoms with E-state index in [4.69, 9.17) is 16.3 Å². The Hall–Kier alpha value is -0.640. The number of aliphatic hydroxyl groups is 3. The summed E-state index contributed by atoms with van der Waals surface area (Å²) in [7, 11) is 0. The van der Waals surface area contributed by atoms with Crippen LogP contribution in [0.1, 0.15) is 13.3 Å². The first-order chi connectivity index (χ1) is 7.61. The second-order valence-electron chi connectivity index (χ2n) is 4.03. The first-order valence-corrected chi connectivity index (χ1v) is 5.41. The first-order valence-electron chi connectivity index (χ1n) is 5.41. The number of hydrogen-bond donors (Lipinski definition) is 4. The molecule has 16 heavy (non-hydrogen) atoms. The van der Waals surface area contributed by atoms with Gasteiger partial charge in [-0.3, -0.25) is 5.32 Å². The van der Waals surface area contributed by atoms with Gasteiger partial charge < -0.3 is 20.1 Å². The minimum atomic E-state index is -1.05. The standard InChI is InChI=1S/C11H19NO4/c1-3-4-5-12-11-7(2)9(14)10(15)8(6-13)16-11/h1,7-15H,4-6H2,2H3/t7-,8-,9-,10+,11-/m1/s1. The Morgan fingerprint density at radius 1 is 1.38 bits per heavy atom. The van der Waals surface area contributed by atoms with Crippen LogP contribution in [0, 0.1) is 18.3 Å². The van der Waals surface area contributed by atoms with Crippen molar-refractivity contribution in [3.8, 4) is 12.3 Å². The van der Waals surface area contributed by atoms with E-state index >= 15 is 0 Å². The van der Waals surface area contributed by atoms with E-state index in [1.807, 2.05) is 0 Å². The molecule has 0 spiro atoms. The minimum absolute atomic E-state index is 0.254. The third kappa shape index (κ3) is 2.94. The predicted octanol–water partition coefficient (Wildman–Crippen LogP) is -1.33. The molecule has 1 aliphatic heterocycles. The van der Waals surface area contributed by atoms with E-state index in [0.29, 0.717) is 13.0 Å². The minimum Gasteiger partial charge on any atom is -0.394 e. The zero-order valence-corrected chi connectivity index (χ0v) is 9.34. The number of ether oxygens (including phenoxy) is 1. The molecule has 5 heteroatoms. The predicted molar refractivity (Wildman–Crippen MR) is 58.4 cm³/mol. The lowest BCUT2D eigenvalue weighted by Crippen LogP contribution is -2.58. The molecule has 0 aromatic rings. The molecule has 4 N–H and O–H groups in total. The van der Waals surface area contributed by atoms with Crippen LogP contribution < -0.4 is 5.32 Å². The molecule has 0 aromatic heterocycles. The SMILES string of the molecule is C#CCCN[C@@H]1O[C@H](CO)[C@H](O)[C@H](O)[C@H]1C. The molecule has 1 saturated heterocycles. The topological polar surface area (TPSA) is 82.0 Å². The van der Waals surface area contributed by atoms with Crippen molar-refractivity contribution in [3.63, 3.8) is 0 Å². The summed E-state index contributed by atoms with van der Waals surface area (Å²) in [4.78, 5) is 0. The maximum absolute atomic E-state index is 9.75. The van der Waals surface area contributed by atoms with Crippen LogP contribution in [0.5, 0.6) is 0 Å². The fourth-order valence-corrected chi connectivity index (χ4v) is 1.77. The van der Waals surface area contributed by atoms with Gasteiger partial charge >= 0.3 is 0 Å². The third-order valence-corrected chi connectivity index (χ3v) is 2.86. The van der Waals surface area contributed by atoms with Gasteiger partial charge in [-0.05, 0) is 0 Å². The number of terminal acetylenes is 1.